The van der Waals surface area contributed by atoms with Crippen LogP contribution in [-0.2, 0) is 19.5 Å². The molecule has 4 heterocycles. The molecule has 0 fully saturated rings. The predicted octanol–water partition coefficient (Wildman–Crippen LogP) is 6.60. The number of nitrogens with zero attached hydrogens (tertiary/aromatic N) is 3. The van der Waals surface area contributed by atoms with Crippen molar-refractivity contribution in [1.29, 1.82) is 0 Å². The third kappa shape index (κ3) is 3.99. The monoisotopic (exact) mass is 524 g/mol. The van der Waals surface area contributed by atoms with Crippen molar-refractivity contribution in [1.82, 2.24) is 14.4 Å². The van der Waals surface area contributed by atoms with Crippen LogP contribution in [0, 0.1) is 11.6 Å². The predicted molar refractivity (Wildman–Crippen MR) is 138 cm³/mol. The highest BCUT2D eigenvalue weighted by Gasteiger charge is 2.36. The lowest BCUT2D eigenvalue weighted by molar-refractivity contribution is 0.194. The van der Waals surface area contributed by atoms with Gasteiger partial charge in [0.25, 0.3) is 0 Å². The fourth-order valence-electron chi connectivity index (χ4n) is 5.13. The molecule has 36 heavy (non-hydrogen) atoms. The average Bonchev–Trinajstić information content (AvgIpc) is 3.43. The molecule has 0 saturated heterocycles. The SMILES string of the molecule is CN1CCc2c(sc3c2CN(C(=O)Nc2ccc(F)cc2F)[C@H](c2ccc(Cl)cc2)c2cccn2-3)C1. The van der Waals surface area contributed by atoms with E-state index in [0.717, 1.165) is 53.5 Å². The number of aromatic nitrogens is 1. The molecule has 0 saturated carbocycles. The van der Waals surface area contributed by atoms with Gasteiger partial charge in [-0.1, -0.05) is 23.7 Å². The van der Waals surface area contributed by atoms with E-state index in [9.17, 15) is 13.6 Å². The van der Waals surface area contributed by atoms with Crippen LogP contribution in [-0.4, -0.2) is 34.0 Å². The van der Waals surface area contributed by atoms with Gasteiger partial charge in [-0.05, 0) is 61.0 Å². The molecule has 2 aliphatic rings. The number of anilines is 1. The van der Waals surface area contributed by atoms with Crippen molar-refractivity contribution in [3.63, 3.8) is 0 Å². The highest BCUT2D eigenvalue weighted by Crippen LogP contribution is 2.43. The molecule has 1 atom stereocenters. The Morgan fingerprint density at radius 2 is 1.89 bits per heavy atom. The maximum atomic E-state index is 14.5. The number of carbonyl (C=O) groups is 1. The number of hydrogen-bond donors (Lipinski definition) is 1. The second kappa shape index (κ2) is 9.03. The minimum atomic E-state index is -0.818. The largest absolute Gasteiger partial charge is 0.323 e. The zero-order valence-electron chi connectivity index (χ0n) is 19.5. The number of nitrogens with one attached hydrogen (secondary N) is 1. The summed E-state index contributed by atoms with van der Waals surface area (Å²) in [6.45, 7) is 2.17. The van der Waals surface area contributed by atoms with Crippen LogP contribution in [0.3, 0.4) is 0 Å². The molecule has 2 aliphatic heterocycles. The van der Waals surface area contributed by atoms with Crippen molar-refractivity contribution in [3.05, 3.63) is 105 Å². The maximum Gasteiger partial charge on any atom is 0.323 e. The lowest BCUT2D eigenvalue weighted by Gasteiger charge is -2.32. The van der Waals surface area contributed by atoms with E-state index in [2.05, 4.69) is 21.8 Å². The highest BCUT2D eigenvalue weighted by atomic mass is 35.5. The fraction of sp³-hybridized carbons (Fsp3) is 0.222. The summed E-state index contributed by atoms with van der Waals surface area (Å²) >= 11 is 7.94. The van der Waals surface area contributed by atoms with Gasteiger partial charge in [-0.15, -0.1) is 11.3 Å². The quantitative estimate of drug-likeness (QED) is 0.321. The van der Waals surface area contributed by atoms with Crippen LogP contribution >= 0.6 is 22.9 Å². The van der Waals surface area contributed by atoms with Crippen LogP contribution < -0.4 is 5.32 Å². The van der Waals surface area contributed by atoms with Crippen LogP contribution in [0.5, 0.6) is 0 Å². The molecule has 4 aromatic rings. The standard InChI is InChI=1S/C27H23ClF2N4OS/c1-32-12-10-19-20-14-34(27(35)31-22-9-8-18(29)13-21(22)30)25(16-4-6-17(28)7-5-16)23-3-2-11-33(23)26(20)36-24(19)15-32/h2-9,11,13,25H,10,12,14-15H2,1H3,(H,31,35)/t25-/m1/s1. The first-order valence-electron chi connectivity index (χ1n) is 11.7. The van der Waals surface area contributed by atoms with Gasteiger partial charge in [-0.2, -0.15) is 0 Å². The molecular formula is C27H23ClF2N4OS. The molecule has 6 rings (SSSR count). The molecule has 0 unspecified atom stereocenters. The van der Waals surface area contributed by atoms with Crippen molar-refractivity contribution in [2.75, 3.05) is 18.9 Å². The summed E-state index contributed by atoms with van der Waals surface area (Å²) in [6, 6.07) is 13.7. The molecule has 0 radical (unpaired) electrons. The van der Waals surface area contributed by atoms with Crippen molar-refractivity contribution in [2.45, 2.75) is 25.6 Å². The van der Waals surface area contributed by atoms with Gasteiger partial charge in [-0.25, -0.2) is 13.6 Å². The van der Waals surface area contributed by atoms with Crippen molar-refractivity contribution in [2.24, 2.45) is 0 Å². The number of amides is 2. The van der Waals surface area contributed by atoms with Crippen LogP contribution in [0.4, 0.5) is 19.3 Å². The molecule has 0 aliphatic carbocycles. The van der Waals surface area contributed by atoms with Gasteiger partial charge in [0.05, 0.1) is 24.0 Å². The first-order valence-corrected chi connectivity index (χ1v) is 12.9. The molecule has 184 valence electrons. The highest BCUT2D eigenvalue weighted by molar-refractivity contribution is 7.15. The lowest BCUT2D eigenvalue weighted by atomic mass is 10.0. The Balaban J connectivity index is 1.49. The molecule has 9 heteroatoms. The summed E-state index contributed by atoms with van der Waals surface area (Å²) in [7, 11) is 2.11. The Morgan fingerprint density at radius 3 is 2.67 bits per heavy atom. The first kappa shape index (κ1) is 23.2. The number of benzene rings is 2. The number of urea groups is 1. The van der Waals surface area contributed by atoms with E-state index in [1.807, 2.05) is 30.5 Å². The van der Waals surface area contributed by atoms with E-state index in [4.69, 9.17) is 11.6 Å². The Kier molecular flexibility index (Phi) is 5.82. The van der Waals surface area contributed by atoms with Crippen molar-refractivity contribution >= 4 is 34.7 Å². The summed E-state index contributed by atoms with van der Waals surface area (Å²) in [6.07, 6.45) is 2.94. The Hall–Kier alpha value is -3.20. The maximum absolute atomic E-state index is 14.5. The molecule has 2 aromatic carbocycles. The minimum absolute atomic E-state index is 0.0647. The summed E-state index contributed by atoms with van der Waals surface area (Å²) in [4.78, 5) is 19.1. The van der Waals surface area contributed by atoms with E-state index in [0.29, 0.717) is 11.6 Å². The number of hydrogen-bond acceptors (Lipinski definition) is 3. The first-order chi connectivity index (χ1) is 17.4. The Morgan fingerprint density at radius 1 is 1.08 bits per heavy atom. The number of thiophene rings is 1. The van der Waals surface area contributed by atoms with Crippen molar-refractivity contribution < 1.29 is 13.6 Å². The topological polar surface area (TPSA) is 40.5 Å². The van der Waals surface area contributed by atoms with Gasteiger partial charge in [0.1, 0.15) is 16.6 Å². The zero-order chi connectivity index (χ0) is 25.0. The van der Waals surface area contributed by atoms with Gasteiger partial charge >= 0.3 is 6.03 Å². The van der Waals surface area contributed by atoms with E-state index in [1.165, 1.54) is 16.5 Å². The van der Waals surface area contributed by atoms with Gasteiger partial charge < -0.3 is 19.7 Å². The third-order valence-corrected chi connectivity index (χ3v) is 8.38. The van der Waals surface area contributed by atoms with Crippen LogP contribution in [0.2, 0.25) is 5.02 Å². The number of carbonyl (C=O) groups excluding carboxylic acids is 1. The minimum Gasteiger partial charge on any atom is -0.310 e. The summed E-state index contributed by atoms with van der Waals surface area (Å²) in [5, 5.41) is 4.39. The summed E-state index contributed by atoms with van der Waals surface area (Å²) in [5.74, 6) is -1.52. The summed E-state index contributed by atoms with van der Waals surface area (Å²) in [5.41, 5.74) is 4.16. The number of rotatable bonds is 2. The molecule has 1 N–H and O–H groups in total. The average molecular weight is 525 g/mol. The molecule has 0 spiro atoms. The molecule has 2 aromatic heterocycles. The van der Waals surface area contributed by atoms with Crippen LogP contribution in [0.1, 0.15) is 33.3 Å². The van der Waals surface area contributed by atoms with Crippen molar-refractivity contribution in [3.8, 4) is 5.00 Å². The number of likely N-dealkylation sites (N-methyl/N-ethyl adjacent to an activating group) is 1. The molecule has 2 amide bonds. The van der Waals surface area contributed by atoms with Crippen LogP contribution in [0.25, 0.3) is 5.00 Å². The zero-order valence-corrected chi connectivity index (χ0v) is 21.0. The molecule has 5 nitrogen and oxygen atoms in total. The second-order valence-corrected chi connectivity index (χ2v) is 10.7. The van der Waals surface area contributed by atoms with E-state index in [-0.39, 0.29) is 5.69 Å². The fourth-order valence-corrected chi connectivity index (χ4v) is 6.69. The van der Waals surface area contributed by atoms with Gasteiger partial charge in [0, 0.05) is 40.8 Å². The molecular weight excluding hydrogens is 502 g/mol. The molecule has 0 bridgehead atoms. The Bertz CT molecular complexity index is 1470. The lowest BCUT2D eigenvalue weighted by Crippen LogP contribution is -2.38. The van der Waals surface area contributed by atoms with E-state index >= 15 is 0 Å². The number of fused-ring (bicyclic) bond motifs is 5. The Labute approximate surface area is 216 Å². The smallest absolute Gasteiger partial charge is 0.310 e. The number of halogens is 3. The second-order valence-electron chi connectivity index (χ2n) is 9.21. The van der Waals surface area contributed by atoms with Gasteiger partial charge in [0.15, 0.2) is 0 Å². The third-order valence-electron chi connectivity index (χ3n) is 6.87. The van der Waals surface area contributed by atoms with Gasteiger partial charge in [0.2, 0.25) is 0 Å². The van der Waals surface area contributed by atoms with Gasteiger partial charge in [-0.3, -0.25) is 0 Å². The normalized spacial score (nSPS) is 17.2. The van der Waals surface area contributed by atoms with E-state index in [1.54, 1.807) is 28.4 Å². The van der Waals surface area contributed by atoms with E-state index < -0.39 is 23.7 Å². The summed E-state index contributed by atoms with van der Waals surface area (Å²) < 4.78 is 30.1. The van der Waals surface area contributed by atoms with Crippen LogP contribution in [0.15, 0.2) is 60.8 Å².